The molecule has 0 unspecified atom stereocenters. The zero-order chi connectivity index (χ0) is 8.97. The fraction of sp³-hybridized carbons (Fsp3) is 0.125. The molecule has 0 bridgehead atoms. The highest BCUT2D eigenvalue weighted by atomic mass is 35.5. The van der Waals surface area contributed by atoms with Gasteiger partial charge in [0.05, 0.1) is 17.8 Å². The molecule has 0 atom stereocenters. The van der Waals surface area contributed by atoms with Crippen molar-refractivity contribution >= 4 is 23.6 Å². The normalized spacial score (nSPS) is 10.5. The standard InChI is InChI=1S/C8H8ClNO2/c1-12-8(11)3-2-7-6(9)4-5-10-7/h2-5,10H,1H3/b3-2+. The van der Waals surface area contributed by atoms with Gasteiger partial charge in [0.25, 0.3) is 0 Å². The van der Waals surface area contributed by atoms with Crippen LogP contribution in [0, 0.1) is 0 Å². The third kappa shape index (κ3) is 2.13. The molecule has 0 aliphatic heterocycles. The summed E-state index contributed by atoms with van der Waals surface area (Å²) in [5.41, 5.74) is 0.696. The number of aromatic amines is 1. The summed E-state index contributed by atoms with van der Waals surface area (Å²) in [5, 5.41) is 0.579. The van der Waals surface area contributed by atoms with Crippen LogP contribution < -0.4 is 0 Å². The highest BCUT2D eigenvalue weighted by Gasteiger charge is 1.96. The van der Waals surface area contributed by atoms with Gasteiger partial charge in [0, 0.05) is 12.3 Å². The van der Waals surface area contributed by atoms with Gasteiger partial charge in [-0.3, -0.25) is 0 Å². The Hall–Kier alpha value is -1.22. The minimum atomic E-state index is -0.402. The second kappa shape index (κ2) is 3.97. The highest BCUT2D eigenvalue weighted by Crippen LogP contribution is 2.14. The fourth-order valence-corrected chi connectivity index (χ4v) is 0.891. The molecule has 0 saturated carbocycles. The maximum Gasteiger partial charge on any atom is 0.330 e. The zero-order valence-electron chi connectivity index (χ0n) is 6.50. The fourth-order valence-electron chi connectivity index (χ4n) is 0.710. The van der Waals surface area contributed by atoms with E-state index in [-0.39, 0.29) is 0 Å². The summed E-state index contributed by atoms with van der Waals surface area (Å²) in [7, 11) is 1.32. The average Bonchev–Trinajstić information content (AvgIpc) is 2.47. The van der Waals surface area contributed by atoms with E-state index in [9.17, 15) is 4.79 Å². The van der Waals surface area contributed by atoms with E-state index in [0.29, 0.717) is 10.7 Å². The van der Waals surface area contributed by atoms with Crippen molar-refractivity contribution in [1.82, 2.24) is 4.98 Å². The van der Waals surface area contributed by atoms with E-state index in [1.165, 1.54) is 13.2 Å². The summed E-state index contributed by atoms with van der Waals surface area (Å²) in [4.78, 5) is 13.5. The molecule has 12 heavy (non-hydrogen) atoms. The summed E-state index contributed by atoms with van der Waals surface area (Å²) >= 11 is 5.73. The van der Waals surface area contributed by atoms with Crippen LogP contribution in [0.3, 0.4) is 0 Å². The van der Waals surface area contributed by atoms with Gasteiger partial charge in [-0.25, -0.2) is 4.79 Å². The van der Waals surface area contributed by atoms with Crippen LogP contribution in [0.4, 0.5) is 0 Å². The summed E-state index contributed by atoms with van der Waals surface area (Å²) < 4.78 is 4.41. The summed E-state index contributed by atoms with van der Waals surface area (Å²) in [6.07, 6.45) is 4.56. The Labute approximate surface area is 75.0 Å². The van der Waals surface area contributed by atoms with Crippen molar-refractivity contribution in [3.63, 3.8) is 0 Å². The zero-order valence-corrected chi connectivity index (χ0v) is 7.26. The van der Waals surface area contributed by atoms with E-state index in [4.69, 9.17) is 11.6 Å². The maximum absolute atomic E-state index is 10.7. The van der Waals surface area contributed by atoms with Gasteiger partial charge < -0.3 is 9.72 Å². The monoisotopic (exact) mass is 185 g/mol. The minimum Gasteiger partial charge on any atom is -0.466 e. The molecule has 1 N–H and O–H groups in total. The Morgan fingerprint density at radius 2 is 2.50 bits per heavy atom. The van der Waals surface area contributed by atoms with Gasteiger partial charge in [0.1, 0.15) is 0 Å². The maximum atomic E-state index is 10.7. The minimum absolute atomic E-state index is 0.402. The van der Waals surface area contributed by atoms with Crippen molar-refractivity contribution in [3.05, 3.63) is 29.1 Å². The van der Waals surface area contributed by atoms with Crippen LogP contribution in [-0.2, 0) is 9.53 Å². The Morgan fingerprint density at radius 1 is 1.75 bits per heavy atom. The molecular formula is C8H8ClNO2. The van der Waals surface area contributed by atoms with Crippen LogP contribution in [0.1, 0.15) is 5.69 Å². The Balaban J connectivity index is 2.69. The van der Waals surface area contributed by atoms with E-state index in [1.54, 1.807) is 18.3 Å². The third-order valence-electron chi connectivity index (χ3n) is 1.31. The number of rotatable bonds is 2. The van der Waals surface area contributed by atoms with Crippen molar-refractivity contribution in [2.45, 2.75) is 0 Å². The van der Waals surface area contributed by atoms with Crippen molar-refractivity contribution in [2.75, 3.05) is 7.11 Å². The molecule has 0 fully saturated rings. The number of ether oxygens (including phenoxy) is 1. The van der Waals surface area contributed by atoms with Crippen molar-refractivity contribution in [2.24, 2.45) is 0 Å². The molecular weight excluding hydrogens is 178 g/mol. The molecule has 64 valence electrons. The van der Waals surface area contributed by atoms with Gasteiger partial charge in [0.15, 0.2) is 0 Å². The number of carbonyl (C=O) groups is 1. The number of methoxy groups -OCH3 is 1. The molecule has 1 aromatic rings. The number of esters is 1. The van der Waals surface area contributed by atoms with E-state index < -0.39 is 5.97 Å². The molecule has 4 heteroatoms. The number of halogens is 1. The van der Waals surface area contributed by atoms with Crippen LogP contribution in [0.2, 0.25) is 5.02 Å². The number of nitrogens with one attached hydrogen (secondary N) is 1. The topological polar surface area (TPSA) is 42.1 Å². The van der Waals surface area contributed by atoms with Gasteiger partial charge in [-0.05, 0) is 12.1 Å². The van der Waals surface area contributed by atoms with E-state index in [0.717, 1.165) is 0 Å². The number of hydrogen-bond donors (Lipinski definition) is 1. The van der Waals surface area contributed by atoms with Gasteiger partial charge in [-0.2, -0.15) is 0 Å². The lowest BCUT2D eigenvalue weighted by molar-refractivity contribution is -0.134. The van der Waals surface area contributed by atoms with Crippen LogP contribution in [0.15, 0.2) is 18.3 Å². The lowest BCUT2D eigenvalue weighted by Crippen LogP contribution is -1.93. The summed E-state index contributed by atoms with van der Waals surface area (Å²) in [5.74, 6) is -0.402. The van der Waals surface area contributed by atoms with Crippen molar-refractivity contribution < 1.29 is 9.53 Å². The Morgan fingerprint density at radius 3 is 3.00 bits per heavy atom. The van der Waals surface area contributed by atoms with Gasteiger partial charge >= 0.3 is 5.97 Å². The van der Waals surface area contributed by atoms with Gasteiger partial charge in [-0.1, -0.05) is 11.6 Å². The first-order valence-electron chi connectivity index (χ1n) is 3.33. The first-order valence-corrected chi connectivity index (χ1v) is 3.70. The molecule has 0 radical (unpaired) electrons. The second-order valence-electron chi connectivity index (χ2n) is 2.10. The van der Waals surface area contributed by atoms with Crippen molar-refractivity contribution in [1.29, 1.82) is 0 Å². The number of H-pyrrole nitrogens is 1. The van der Waals surface area contributed by atoms with Crippen LogP contribution in [0.25, 0.3) is 6.08 Å². The van der Waals surface area contributed by atoms with E-state index >= 15 is 0 Å². The van der Waals surface area contributed by atoms with Crippen molar-refractivity contribution in [3.8, 4) is 0 Å². The Bertz CT molecular complexity index is 304. The highest BCUT2D eigenvalue weighted by molar-refractivity contribution is 6.32. The smallest absolute Gasteiger partial charge is 0.330 e. The first kappa shape index (κ1) is 8.87. The molecule has 3 nitrogen and oxygen atoms in total. The predicted octanol–water partition coefficient (Wildman–Crippen LogP) is 1.85. The molecule has 0 amide bonds. The molecule has 1 rings (SSSR count). The second-order valence-corrected chi connectivity index (χ2v) is 2.50. The lowest BCUT2D eigenvalue weighted by atomic mass is 10.4. The van der Waals surface area contributed by atoms with E-state index in [1.807, 2.05) is 0 Å². The number of aromatic nitrogens is 1. The summed E-state index contributed by atoms with van der Waals surface area (Å²) in [6, 6.07) is 1.71. The molecule has 0 aromatic carbocycles. The third-order valence-corrected chi connectivity index (χ3v) is 1.64. The van der Waals surface area contributed by atoms with Gasteiger partial charge in [0.2, 0.25) is 0 Å². The van der Waals surface area contributed by atoms with E-state index in [2.05, 4.69) is 9.72 Å². The van der Waals surface area contributed by atoms with Gasteiger partial charge in [-0.15, -0.1) is 0 Å². The number of hydrogen-bond acceptors (Lipinski definition) is 2. The number of carbonyl (C=O) groups excluding carboxylic acids is 1. The molecule has 0 aliphatic rings. The van der Waals surface area contributed by atoms with Crippen LogP contribution >= 0.6 is 11.6 Å². The molecule has 1 heterocycles. The lowest BCUT2D eigenvalue weighted by Gasteiger charge is -1.89. The molecule has 0 aliphatic carbocycles. The average molecular weight is 186 g/mol. The largest absolute Gasteiger partial charge is 0.466 e. The SMILES string of the molecule is COC(=O)/C=C/c1[nH]ccc1Cl. The first-order chi connectivity index (χ1) is 5.74. The Kier molecular flexibility index (Phi) is 2.94. The van der Waals surface area contributed by atoms with Crippen LogP contribution in [0.5, 0.6) is 0 Å². The molecule has 0 saturated heterocycles. The molecule has 0 spiro atoms. The molecule has 1 aromatic heterocycles. The predicted molar refractivity (Wildman–Crippen MR) is 46.9 cm³/mol. The van der Waals surface area contributed by atoms with Crippen LogP contribution in [-0.4, -0.2) is 18.1 Å². The summed E-state index contributed by atoms with van der Waals surface area (Å²) in [6.45, 7) is 0. The quantitative estimate of drug-likeness (QED) is 0.565.